The zero-order valence-electron chi connectivity index (χ0n) is 19.0. The third kappa shape index (κ3) is 7.88. The summed E-state index contributed by atoms with van der Waals surface area (Å²) in [6.07, 6.45) is 0.773. The highest BCUT2D eigenvalue weighted by Gasteiger charge is 2.24. The highest BCUT2D eigenvalue weighted by Crippen LogP contribution is 2.19. The second kappa shape index (κ2) is 11.2. The zero-order chi connectivity index (χ0) is 22.9. The quantitative estimate of drug-likeness (QED) is 0.407. The van der Waals surface area contributed by atoms with Crippen molar-refractivity contribution in [1.82, 2.24) is 15.4 Å². The van der Waals surface area contributed by atoms with Crippen LogP contribution in [0.1, 0.15) is 38.8 Å². The fourth-order valence-corrected chi connectivity index (χ4v) is 4.74. The summed E-state index contributed by atoms with van der Waals surface area (Å²) in [5.74, 6) is 1.49. The number of rotatable bonds is 9. The second-order valence-corrected chi connectivity index (χ2v) is 9.80. The number of nitrogens with one attached hydrogen (secondary N) is 3. The number of guanidine groups is 1. The van der Waals surface area contributed by atoms with Crippen molar-refractivity contribution in [3.05, 3.63) is 59.7 Å². The van der Waals surface area contributed by atoms with Gasteiger partial charge in [0, 0.05) is 18.6 Å². The van der Waals surface area contributed by atoms with Gasteiger partial charge in [0.05, 0.1) is 18.6 Å². The molecule has 2 aromatic carbocycles. The summed E-state index contributed by atoms with van der Waals surface area (Å²) in [6, 6.07) is 14.9. The van der Waals surface area contributed by atoms with Crippen LogP contribution in [0.25, 0.3) is 0 Å². The minimum atomic E-state index is -3.64. The lowest BCUT2D eigenvalue weighted by molar-refractivity contribution is 0.409. The Morgan fingerprint density at radius 2 is 1.65 bits per heavy atom. The van der Waals surface area contributed by atoms with Crippen molar-refractivity contribution in [2.45, 2.75) is 51.1 Å². The van der Waals surface area contributed by atoms with Gasteiger partial charge < -0.3 is 15.4 Å². The summed E-state index contributed by atoms with van der Waals surface area (Å²) in [5.41, 5.74) is 1.18. The number of methoxy groups -OCH3 is 1. The van der Waals surface area contributed by atoms with Gasteiger partial charge in [0.2, 0.25) is 10.0 Å². The first-order valence-corrected chi connectivity index (χ1v) is 11.9. The Bertz CT molecular complexity index is 982. The van der Waals surface area contributed by atoms with Crippen LogP contribution in [0, 0.1) is 0 Å². The Hall–Kier alpha value is -2.58. The molecule has 31 heavy (non-hydrogen) atoms. The van der Waals surface area contributed by atoms with Crippen LogP contribution in [0.15, 0.2) is 58.4 Å². The van der Waals surface area contributed by atoms with Crippen molar-refractivity contribution in [3.63, 3.8) is 0 Å². The molecule has 0 saturated carbocycles. The molecule has 0 atom stereocenters. The molecular formula is C23H34N4O3S. The molecule has 7 nitrogen and oxygen atoms in total. The van der Waals surface area contributed by atoms with Crippen LogP contribution in [0.4, 0.5) is 0 Å². The van der Waals surface area contributed by atoms with E-state index in [0.717, 1.165) is 17.7 Å². The molecule has 0 amide bonds. The van der Waals surface area contributed by atoms with Crippen LogP contribution in [0.2, 0.25) is 0 Å². The summed E-state index contributed by atoms with van der Waals surface area (Å²) in [5, 5.41) is 6.51. The molecule has 170 valence electrons. The molecule has 0 bridgehead atoms. The molecular weight excluding hydrogens is 412 g/mol. The van der Waals surface area contributed by atoms with Gasteiger partial charge in [0.1, 0.15) is 5.75 Å². The maximum absolute atomic E-state index is 12.8. The number of benzene rings is 2. The van der Waals surface area contributed by atoms with Crippen molar-refractivity contribution in [2.24, 2.45) is 4.99 Å². The third-order valence-electron chi connectivity index (χ3n) is 4.33. The Morgan fingerprint density at radius 3 is 2.29 bits per heavy atom. The summed E-state index contributed by atoms with van der Waals surface area (Å²) < 4.78 is 33.8. The maximum Gasteiger partial charge on any atom is 0.241 e. The zero-order valence-corrected chi connectivity index (χ0v) is 19.8. The van der Waals surface area contributed by atoms with Crippen molar-refractivity contribution in [3.8, 4) is 5.75 Å². The van der Waals surface area contributed by atoms with E-state index < -0.39 is 15.6 Å². The lowest BCUT2D eigenvalue weighted by Gasteiger charge is -2.21. The number of ether oxygens (including phenoxy) is 1. The molecule has 2 aromatic rings. The van der Waals surface area contributed by atoms with Crippen LogP contribution in [-0.2, 0) is 23.0 Å². The van der Waals surface area contributed by atoms with Crippen LogP contribution < -0.4 is 20.1 Å². The van der Waals surface area contributed by atoms with E-state index in [1.807, 2.05) is 58.0 Å². The van der Waals surface area contributed by atoms with E-state index in [9.17, 15) is 8.42 Å². The van der Waals surface area contributed by atoms with E-state index in [1.165, 1.54) is 0 Å². The molecule has 0 aliphatic heterocycles. The van der Waals surface area contributed by atoms with E-state index in [0.29, 0.717) is 24.6 Å². The van der Waals surface area contributed by atoms with E-state index in [4.69, 9.17) is 4.74 Å². The number of nitrogens with zero attached hydrogens (tertiary/aromatic N) is 1. The monoisotopic (exact) mass is 446 g/mol. The van der Waals surface area contributed by atoms with Gasteiger partial charge >= 0.3 is 0 Å². The predicted octanol–water partition coefficient (Wildman–Crippen LogP) is 3.07. The molecule has 0 aliphatic carbocycles. The first-order chi connectivity index (χ1) is 14.7. The third-order valence-corrected chi connectivity index (χ3v) is 6.19. The van der Waals surface area contributed by atoms with Crippen LogP contribution in [0.3, 0.4) is 0 Å². The summed E-state index contributed by atoms with van der Waals surface area (Å²) in [4.78, 5) is 4.85. The van der Waals surface area contributed by atoms with Crippen molar-refractivity contribution >= 4 is 16.0 Å². The molecule has 0 aromatic heterocycles. The molecule has 0 heterocycles. The second-order valence-electron chi connectivity index (χ2n) is 8.15. The molecule has 0 aliphatic rings. The maximum atomic E-state index is 12.8. The summed E-state index contributed by atoms with van der Waals surface area (Å²) in [7, 11) is -1.98. The molecule has 0 spiro atoms. The van der Waals surface area contributed by atoms with E-state index in [2.05, 4.69) is 20.3 Å². The molecule has 3 N–H and O–H groups in total. The minimum absolute atomic E-state index is 0.241. The molecule has 2 rings (SSSR count). The lowest BCUT2D eigenvalue weighted by atomic mass is 10.1. The molecule has 0 saturated heterocycles. The first kappa shape index (κ1) is 24.7. The number of aliphatic imine (C=N–C) groups is 1. The van der Waals surface area contributed by atoms with Crippen LogP contribution >= 0.6 is 0 Å². The minimum Gasteiger partial charge on any atom is -0.496 e. The van der Waals surface area contributed by atoms with Gasteiger partial charge in [-0.1, -0.05) is 36.4 Å². The molecule has 0 fully saturated rings. The number of sulfonamides is 1. The number of para-hydroxylation sites is 1. The average molecular weight is 447 g/mol. The Labute approximate surface area is 186 Å². The van der Waals surface area contributed by atoms with E-state index in [1.54, 1.807) is 25.3 Å². The van der Waals surface area contributed by atoms with Gasteiger partial charge in [-0.15, -0.1) is 0 Å². The van der Waals surface area contributed by atoms with Crippen molar-refractivity contribution in [1.29, 1.82) is 0 Å². The normalized spacial score (nSPS) is 12.5. The SMILES string of the molecule is CCNC(=NCc1ccccc1S(=O)(=O)NC(C)(C)C)NCCc1ccccc1OC. The standard InChI is InChI=1S/C23H34N4O3S/c1-6-24-22(25-16-15-18-11-7-9-13-20(18)30-5)26-17-19-12-8-10-14-21(19)31(28,29)27-23(2,3)4/h7-14,27H,6,15-17H2,1-5H3,(H2,24,25,26). The molecule has 8 heteroatoms. The van der Waals surface area contributed by atoms with Crippen LogP contribution in [0.5, 0.6) is 5.75 Å². The first-order valence-electron chi connectivity index (χ1n) is 10.4. The van der Waals surface area contributed by atoms with E-state index >= 15 is 0 Å². The van der Waals surface area contributed by atoms with Crippen LogP contribution in [-0.4, -0.2) is 40.1 Å². The largest absolute Gasteiger partial charge is 0.496 e. The van der Waals surface area contributed by atoms with Gasteiger partial charge in [-0.25, -0.2) is 18.1 Å². The Balaban J connectivity index is 2.12. The smallest absolute Gasteiger partial charge is 0.241 e. The highest BCUT2D eigenvalue weighted by atomic mass is 32.2. The number of hydrogen-bond donors (Lipinski definition) is 3. The Morgan fingerprint density at radius 1 is 1.00 bits per heavy atom. The van der Waals surface area contributed by atoms with Gasteiger partial charge in [0.15, 0.2) is 5.96 Å². The summed E-state index contributed by atoms with van der Waals surface area (Å²) >= 11 is 0. The van der Waals surface area contributed by atoms with Gasteiger partial charge in [-0.3, -0.25) is 0 Å². The van der Waals surface area contributed by atoms with Crippen molar-refractivity contribution < 1.29 is 13.2 Å². The van der Waals surface area contributed by atoms with Gasteiger partial charge in [-0.2, -0.15) is 0 Å². The predicted molar refractivity (Wildman–Crippen MR) is 126 cm³/mol. The lowest BCUT2D eigenvalue weighted by Crippen LogP contribution is -2.41. The van der Waals surface area contributed by atoms with E-state index in [-0.39, 0.29) is 11.4 Å². The van der Waals surface area contributed by atoms with Gasteiger partial charge in [-0.05, 0) is 57.4 Å². The topological polar surface area (TPSA) is 91.8 Å². The van der Waals surface area contributed by atoms with Crippen molar-refractivity contribution in [2.75, 3.05) is 20.2 Å². The Kier molecular flexibility index (Phi) is 8.88. The summed E-state index contributed by atoms with van der Waals surface area (Å²) in [6.45, 7) is 9.05. The molecule has 0 radical (unpaired) electrons. The van der Waals surface area contributed by atoms with Gasteiger partial charge in [0.25, 0.3) is 0 Å². The molecule has 0 unspecified atom stereocenters. The fraction of sp³-hybridized carbons (Fsp3) is 0.435. The fourth-order valence-electron chi connectivity index (χ4n) is 3.09. The average Bonchev–Trinajstić information content (AvgIpc) is 2.71. The number of hydrogen-bond acceptors (Lipinski definition) is 4. The highest BCUT2D eigenvalue weighted by molar-refractivity contribution is 7.89.